The maximum atomic E-state index is 12.2. The zero-order valence-electron chi connectivity index (χ0n) is 11.0. The minimum absolute atomic E-state index is 0.227. The fraction of sp³-hybridized carbons (Fsp3) is 0.667. The normalized spacial score (nSPS) is 25.5. The van der Waals surface area contributed by atoms with Crippen LogP contribution >= 0.6 is 0 Å². The predicted molar refractivity (Wildman–Crippen MR) is 66.2 cm³/mol. The van der Waals surface area contributed by atoms with Gasteiger partial charge in [0, 0.05) is 13.6 Å². The van der Waals surface area contributed by atoms with E-state index in [-0.39, 0.29) is 18.5 Å². The van der Waals surface area contributed by atoms with Crippen molar-refractivity contribution in [2.24, 2.45) is 0 Å². The standard InChI is InChI=1S/C9H13N5O6S/c1-10-8-12-11-7(19-8)6-3-2-5-4-13(6)9(15)14(5)20-21(16,17)18/h5-6H,2-4H2,1H3,(H,10,12)(H,16,17,18)/t5-,6+/m1/s1. The molecule has 0 aromatic carbocycles. The SMILES string of the molecule is CNc1nnc([C@@H]2CC[C@@H]3CN2C(=O)N3OS(=O)(=O)O)o1. The number of anilines is 1. The molecule has 116 valence electrons. The first kappa shape index (κ1) is 14.0. The first-order valence-electron chi connectivity index (χ1n) is 6.17. The van der Waals surface area contributed by atoms with E-state index in [1.54, 1.807) is 7.05 Å². The van der Waals surface area contributed by atoms with E-state index >= 15 is 0 Å². The van der Waals surface area contributed by atoms with Crippen molar-refractivity contribution in [1.82, 2.24) is 20.2 Å². The van der Waals surface area contributed by atoms with Gasteiger partial charge in [-0.1, -0.05) is 5.10 Å². The van der Waals surface area contributed by atoms with E-state index in [2.05, 4.69) is 19.8 Å². The molecule has 0 unspecified atom stereocenters. The average molecular weight is 319 g/mol. The van der Waals surface area contributed by atoms with Crippen molar-refractivity contribution >= 4 is 22.4 Å². The molecule has 3 heterocycles. The van der Waals surface area contributed by atoms with Crippen LogP contribution in [0.25, 0.3) is 0 Å². The third-order valence-electron chi connectivity index (χ3n) is 3.44. The molecule has 11 nitrogen and oxygen atoms in total. The van der Waals surface area contributed by atoms with Crippen LogP contribution < -0.4 is 5.32 Å². The van der Waals surface area contributed by atoms with Crippen molar-refractivity contribution in [2.45, 2.75) is 24.9 Å². The van der Waals surface area contributed by atoms with Crippen LogP contribution in [-0.2, 0) is 14.7 Å². The fourth-order valence-electron chi connectivity index (χ4n) is 2.56. The first-order valence-corrected chi connectivity index (χ1v) is 7.53. The van der Waals surface area contributed by atoms with Gasteiger partial charge >= 0.3 is 22.4 Å². The molecule has 12 heteroatoms. The number of carbonyl (C=O) groups excluding carboxylic acids is 1. The van der Waals surface area contributed by atoms with Crippen LogP contribution in [0, 0.1) is 0 Å². The highest BCUT2D eigenvalue weighted by molar-refractivity contribution is 7.80. The van der Waals surface area contributed by atoms with Crippen LogP contribution in [-0.4, -0.2) is 58.8 Å². The van der Waals surface area contributed by atoms with Gasteiger partial charge in [-0.3, -0.25) is 4.55 Å². The third kappa shape index (κ3) is 2.52. The molecular weight excluding hydrogens is 306 g/mol. The van der Waals surface area contributed by atoms with Gasteiger partial charge in [0.15, 0.2) is 0 Å². The highest BCUT2D eigenvalue weighted by Gasteiger charge is 2.49. The van der Waals surface area contributed by atoms with Gasteiger partial charge in [-0.15, -0.1) is 9.38 Å². The second-order valence-corrected chi connectivity index (χ2v) is 5.71. The molecule has 0 spiro atoms. The van der Waals surface area contributed by atoms with Gasteiger partial charge in [0.1, 0.15) is 6.04 Å². The van der Waals surface area contributed by atoms with Crippen molar-refractivity contribution in [3.63, 3.8) is 0 Å². The summed E-state index contributed by atoms with van der Waals surface area (Å²) in [5.41, 5.74) is 0. The van der Waals surface area contributed by atoms with Gasteiger partial charge in [0.05, 0.1) is 6.04 Å². The summed E-state index contributed by atoms with van der Waals surface area (Å²) in [5, 5.41) is 11.0. The maximum absolute atomic E-state index is 12.2. The Bertz CT molecular complexity index is 659. The van der Waals surface area contributed by atoms with Gasteiger partial charge < -0.3 is 14.6 Å². The predicted octanol–water partition coefficient (Wildman–Crippen LogP) is -0.213. The monoisotopic (exact) mass is 319 g/mol. The molecule has 2 amide bonds. The number of hydrogen-bond donors (Lipinski definition) is 2. The van der Waals surface area contributed by atoms with Crippen molar-refractivity contribution in [2.75, 3.05) is 18.9 Å². The lowest BCUT2D eigenvalue weighted by Gasteiger charge is -2.27. The molecule has 0 saturated carbocycles. The number of rotatable bonds is 4. The Morgan fingerprint density at radius 2 is 2.19 bits per heavy atom. The summed E-state index contributed by atoms with van der Waals surface area (Å²) in [6.07, 6.45) is 1.01. The molecular formula is C9H13N5O6S. The molecule has 0 radical (unpaired) electrons. The lowest BCUT2D eigenvalue weighted by molar-refractivity contribution is -0.0317. The number of urea groups is 1. The van der Waals surface area contributed by atoms with E-state index in [4.69, 9.17) is 8.97 Å². The molecule has 2 N–H and O–H groups in total. The van der Waals surface area contributed by atoms with Crippen LogP contribution in [0.4, 0.5) is 10.8 Å². The Labute approximate surface area is 119 Å². The van der Waals surface area contributed by atoms with Crippen molar-refractivity contribution in [1.29, 1.82) is 0 Å². The lowest BCUT2D eigenvalue weighted by atomic mass is 10.0. The minimum atomic E-state index is -4.74. The fourth-order valence-corrected chi connectivity index (χ4v) is 2.95. The second kappa shape index (κ2) is 4.82. The number of amides is 2. The van der Waals surface area contributed by atoms with E-state index in [1.807, 2.05) is 0 Å². The zero-order valence-corrected chi connectivity index (χ0v) is 11.8. The Balaban J connectivity index is 1.82. The molecule has 2 bridgehead atoms. The van der Waals surface area contributed by atoms with Gasteiger partial charge in [0.25, 0.3) is 0 Å². The number of piperidine rings is 1. The van der Waals surface area contributed by atoms with Crippen LogP contribution in [0.15, 0.2) is 4.42 Å². The molecule has 21 heavy (non-hydrogen) atoms. The highest BCUT2D eigenvalue weighted by Crippen LogP contribution is 2.38. The van der Waals surface area contributed by atoms with E-state index in [0.29, 0.717) is 17.9 Å². The van der Waals surface area contributed by atoms with Gasteiger partial charge in [-0.2, -0.15) is 13.5 Å². The lowest BCUT2D eigenvalue weighted by Crippen LogP contribution is -2.35. The van der Waals surface area contributed by atoms with E-state index in [1.165, 1.54) is 4.90 Å². The largest absolute Gasteiger partial charge is 0.418 e. The maximum Gasteiger partial charge on any atom is 0.418 e. The quantitative estimate of drug-likeness (QED) is 0.721. The van der Waals surface area contributed by atoms with Crippen LogP contribution in [0.5, 0.6) is 0 Å². The molecule has 1 aromatic rings. The number of fused-ring (bicyclic) bond motifs is 2. The van der Waals surface area contributed by atoms with E-state index in [9.17, 15) is 13.2 Å². The summed E-state index contributed by atoms with van der Waals surface area (Å²) in [6.45, 7) is 0.260. The second-order valence-electron chi connectivity index (χ2n) is 4.71. The smallest absolute Gasteiger partial charge is 0.406 e. The minimum Gasteiger partial charge on any atom is -0.406 e. The molecule has 1 aromatic heterocycles. The topological polar surface area (TPSA) is 138 Å². The zero-order chi connectivity index (χ0) is 15.2. The first-order chi connectivity index (χ1) is 9.89. The van der Waals surface area contributed by atoms with Crippen LogP contribution in [0.2, 0.25) is 0 Å². The molecule has 2 saturated heterocycles. The summed E-state index contributed by atoms with van der Waals surface area (Å²) in [7, 11) is -3.12. The Hall–Kier alpha value is -1.92. The van der Waals surface area contributed by atoms with Crippen LogP contribution in [0.1, 0.15) is 24.8 Å². The van der Waals surface area contributed by atoms with Crippen LogP contribution in [0.3, 0.4) is 0 Å². The summed E-state index contributed by atoms with van der Waals surface area (Å²) in [6, 6.07) is -1.32. The third-order valence-corrected chi connectivity index (χ3v) is 3.79. The number of hydrogen-bond acceptors (Lipinski definition) is 8. The van der Waals surface area contributed by atoms with Gasteiger partial charge in [0.2, 0.25) is 5.89 Å². The molecule has 2 aliphatic rings. The summed E-state index contributed by atoms with van der Waals surface area (Å²) in [5.74, 6) is 0.264. The summed E-state index contributed by atoms with van der Waals surface area (Å²) < 4.78 is 40.0. The highest BCUT2D eigenvalue weighted by atomic mass is 32.3. The summed E-state index contributed by atoms with van der Waals surface area (Å²) in [4.78, 5) is 13.6. The Morgan fingerprint density at radius 1 is 1.43 bits per heavy atom. The van der Waals surface area contributed by atoms with Crippen molar-refractivity contribution in [3.05, 3.63) is 5.89 Å². The summed E-state index contributed by atoms with van der Waals surface area (Å²) >= 11 is 0. The van der Waals surface area contributed by atoms with Gasteiger partial charge in [-0.25, -0.2) is 4.79 Å². The number of nitrogens with one attached hydrogen (secondary N) is 1. The molecule has 2 fully saturated rings. The Kier molecular flexibility index (Phi) is 3.22. The molecule has 2 aliphatic heterocycles. The van der Waals surface area contributed by atoms with E-state index in [0.717, 1.165) is 0 Å². The number of nitrogens with zero attached hydrogens (tertiary/aromatic N) is 4. The average Bonchev–Trinajstić information content (AvgIpc) is 2.98. The number of carbonyl (C=O) groups is 1. The Morgan fingerprint density at radius 3 is 2.81 bits per heavy atom. The number of aromatic nitrogens is 2. The van der Waals surface area contributed by atoms with Crippen molar-refractivity contribution in [3.8, 4) is 0 Å². The van der Waals surface area contributed by atoms with Crippen molar-refractivity contribution < 1.29 is 26.5 Å². The molecule has 3 rings (SSSR count). The van der Waals surface area contributed by atoms with Gasteiger partial charge in [-0.05, 0) is 12.8 Å². The van der Waals surface area contributed by atoms with E-state index < -0.39 is 28.5 Å². The number of hydroxylamine groups is 2. The molecule has 2 atom stereocenters. The molecule has 0 aliphatic carbocycles.